The Kier molecular flexibility index (Phi) is 7.78. The highest BCUT2D eigenvalue weighted by Gasteiger charge is 2.19. The number of hydrogen-bond donors (Lipinski definition) is 3. The molecule has 0 saturated carbocycles. The molecule has 1 atom stereocenters. The summed E-state index contributed by atoms with van der Waals surface area (Å²) in [5.74, 6) is 3.75. The minimum Gasteiger partial charge on any atom is -0.496 e. The first kappa shape index (κ1) is 22.1. The van der Waals surface area contributed by atoms with Crippen LogP contribution in [0.1, 0.15) is 35.8 Å². The molecule has 0 aliphatic rings. The predicted octanol–water partition coefficient (Wildman–Crippen LogP) is 3.30. The monoisotopic (exact) mass is 402 g/mol. The standard InChI is InChI=1S/C22H26O5S/c1-5-22(2,3)27-17-6-8-18(9-7-17)28-21(14-25)15-10-16(12-23)19(13-24)20(11-15)26-4/h1,6-11,21,23-25H,12-14H2,2-4H3. The Balaban J connectivity index is 2.24. The van der Waals surface area contributed by atoms with Crippen LogP contribution in [0, 0.1) is 12.3 Å². The normalized spacial score (nSPS) is 12.3. The largest absolute Gasteiger partial charge is 0.496 e. The second-order valence-corrected chi connectivity index (χ2v) is 7.97. The Morgan fingerprint density at radius 1 is 1.11 bits per heavy atom. The Labute approximate surface area is 170 Å². The Morgan fingerprint density at radius 3 is 2.29 bits per heavy atom. The van der Waals surface area contributed by atoms with Crippen molar-refractivity contribution < 1.29 is 24.8 Å². The molecular weight excluding hydrogens is 376 g/mol. The summed E-state index contributed by atoms with van der Waals surface area (Å²) < 4.78 is 11.1. The first-order valence-corrected chi connectivity index (χ1v) is 9.71. The number of benzene rings is 2. The summed E-state index contributed by atoms with van der Waals surface area (Å²) in [7, 11) is 1.51. The van der Waals surface area contributed by atoms with Crippen LogP contribution in [0.4, 0.5) is 0 Å². The van der Waals surface area contributed by atoms with Gasteiger partial charge in [-0.1, -0.05) is 12.0 Å². The molecule has 0 aliphatic heterocycles. The smallest absolute Gasteiger partial charge is 0.163 e. The van der Waals surface area contributed by atoms with E-state index >= 15 is 0 Å². The second kappa shape index (κ2) is 9.85. The topological polar surface area (TPSA) is 79.2 Å². The van der Waals surface area contributed by atoms with Crippen molar-refractivity contribution in [1.29, 1.82) is 0 Å². The molecule has 6 heteroatoms. The first-order chi connectivity index (χ1) is 13.4. The summed E-state index contributed by atoms with van der Waals surface area (Å²) in [5, 5.41) is 28.8. The van der Waals surface area contributed by atoms with Crippen molar-refractivity contribution in [3.8, 4) is 23.8 Å². The van der Waals surface area contributed by atoms with E-state index in [0.29, 0.717) is 22.6 Å². The highest BCUT2D eigenvalue weighted by molar-refractivity contribution is 7.99. The van der Waals surface area contributed by atoms with Crippen molar-refractivity contribution in [3.05, 3.63) is 53.1 Å². The third-order valence-corrected chi connectivity index (χ3v) is 5.48. The van der Waals surface area contributed by atoms with Gasteiger partial charge in [0.2, 0.25) is 0 Å². The van der Waals surface area contributed by atoms with Gasteiger partial charge in [-0.2, -0.15) is 0 Å². The van der Waals surface area contributed by atoms with E-state index in [4.69, 9.17) is 15.9 Å². The van der Waals surface area contributed by atoms with Gasteiger partial charge in [0.05, 0.1) is 32.2 Å². The van der Waals surface area contributed by atoms with Gasteiger partial charge < -0.3 is 24.8 Å². The maximum atomic E-state index is 9.91. The molecule has 0 bridgehead atoms. The Hall–Kier alpha value is -2.17. The van der Waals surface area contributed by atoms with Gasteiger partial charge in [-0.15, -0.1) is 18.2 Å². The molecule has 1 unspecified atom stereocenters. The average molecular weight is 403 g/mol. The number of thioether (sulfide) groups is 1. The molecule has 3 N–H and O–H groups in total. The molecule has 0 amide bonds. The minimum absolute atomic E-state index is 0.0977. The Morgan fingerprint density at radius 2 is 1.79 bits per heavy atom. The number of hydrogen-bond acceptors (Lipinski definition) is 6. The zero-order valence-electron chi connectivity index (χ0n) is 16.3. The van der Waals surface area contributed by atoms with Crippen molar-refractivity contribution in [2.45, 2.75) is 42.8 Å². The maximum absolute atomic E-state index is 9.91. The zero-order valence-corrected chi connectivity index (χ0v) is 17.1. The maximum Gasteiger partial charge on any atom is 0.163 e. The van der Waals surface area contributed by atoms with Crippen LogP contribution in [0.3, 0.4) is 0 Å². The van der Waals surface area contributed by atoms with Gasteiger partial charge >= 0.3 is 0 Å². The highest BCUT2D eigenvalue weighted by atomic mass is 32.2. The summed E-state index contributed by atoms with van der Waals surface area (Å²) in [4.78, 5) is 0.945. The fraction of sp³-hybridized carbons (Fsp3) is 0.364. The van der Waals surface area contributed by atoms with E-state index in [-0.39, 0.29) is 25.1 Å². The lowest BCUT2D eigenvalue weighted by atomic mass is 10.0. The van der Waals surface area contributed by atoms with Crippen LogP contribution >= 0.6 is 11.8 Å². The third-order valence-electron chi connectivity index (χ3n) is 4.23. The van der Waals surface area contributed by atoms with E-state index in [9.17, 15) is 15.3 Å². The summed E-state index contributed by atoms with van der Waals surface area (Å²) in [6, 6.07) is 11.1. The van der Waals surface area contributed by atoms with E-state index in [1.807, 2.05) is 38.1 Å². The van der Waals surface area contributed by atoms with Crippen LogP contribution < -0.4 is 9.47 Å². The molecule has 0 aliphatic carbocycles. The molecule has 2 rings (SSSR count). The van der Waals surface area contributed by atoms with Gasteiger partial charge in [-0.3, -0.25) is 0 Å². The molecule has 0 fully saturated rings. The summed E-state index contributed by atoms with van der Waals surface area (Å²) >= 11 is 1.48. The molecule has 5 nitrogen and oxygen atoms in total. The van der Waals surface area contributed by atoms with Crippen LogP contribution in [0.25, 0.3) is 0 Å². The minimum atomic E-state index is -0.687. The quantitative estimate of drug-likeness (QED) is 0.441. The van der Waals surface area contributed by atoms with Crippen molar-refractivity contribution in [2.75, 3.05) is 13.7 Å². The SMILES string of the molecule is C#CC(C)(C)Oc1ccc(SC(CO)c2cc(CO)c(CO)c(OC)c2)cc1. The predicted molar refractivity (Wildman–Crippen MR) is 111 cm³/mol. The van der Waals surface area contributed by atoms with Gasteiger partial charge in [0.25, 0.3) is 0 Å². The van der Waals surface area contributed by atoms with E-state index in [0.717, 1.165) is 10.5 Å². The molecule has 0 saturated heterocycles. The zero-order chi connectivity index (χ0) is 20.7. The summed E-state index contributed by atoms with van der Waals surface area (Å²) in [6.07, 6.45) is 5.45. The lowest BCUT2D eigenvalue weighted by molar-refractivity contribution is 0.172. The average Bonchev–Trinajstić information content (AvgIpc) is 2.71. The molecule has 0 aromatic heterocycles. The number of methoxy groups -OCH3 is 1. The van der Waals surface area contributed by atoms with Crippen LogP contribution in [0.5, 0.6) is 11.5 Å². The summed E-state index contributed by atoms with van der Waals surface area (Å²) in [5.41, 5.74) is 1.25. The molecule has 150 valence electrons. The van der Waals surface area contributed by atoms with E-state index in [2.05, 4.69) is 5.92 Å². The number of aliphatic hydroxyl groups is 3. The van der Waals surface area contributed by atoms with Gasteiger partial charge in [0.15, 0.2) is 5.60 Å². The van der Waals surface area contributed by atoms with Crippen molar-refractivity contribution in [2.24, 2.45) is 0 Å². The molecule has 2 aromatic carbocycles. The summed E-state index contributed by atoms with van der Waals surface area (Å²) in [6.45, 7) is 3.09. The molecule has 2 aromatic rings. The number of terminal acetylenes is 1. The lowest BCUT2D eigenvalue weighted by Crippen LogP contribution is -2.25. The highest BCUT2D eigenvalue weighted by Crippen LogP contribution is 2.38. The van der Waals surface area contributed by atoms with E-state index < -0.39 is 5.60 Å². The van der Waals surface area contributed by atoms with E-state index in [1.54, 1.807) is 12.1 Å². The van der Waals surface area contributed by atoms with Crippen LogP contribution in [-0.2, 0) is 13.2 Å². The van der Waals surface area contributed by atoms with Gasteiger partial charge in [0, 0.05) is 10.5 Å². The van der Waals surface area contributed by atoms with Gasteiger partial charge in [-0.25, -0.2) is 0 Å². The fourth-order valence-electron chi connectivity index (χ4n) is 2.70. The second-order valence-electron chi connectivity index (χ2n) is 6.69. The number of rotatable bonds is 9. The lowest BCUT2D eigenvalue weighted by Gasteiger charge is -2.21. The fourth-order valence-corrected chi connectivity index (χ4v) is 3.67. The van der Waals surface area contributed by atoms with Crippen LogP contribution in [0.2, 0.25) is 0 Å². The van der Waals surface area contributed by atoms with Gasteiger partial charge in [0.1, 0.15) is 11.5 Å². The third kappa shape index (κ3) is 5.43. The van der Waals surface area contributed by atoms with E-state index in [1.165, 1.54) is 18.9 Å². The first-order valence-electron chi connectivity index (χ1n) is 8.83. The van der Waals surface area contributed by atoms with Crippen molar-refractivity contribution in [1.82, 2.24) is 0 Å². The molecule has 0 radical (unpaired) electrons. The molecule has 0 heterocycles. The Bertz CT molecular complexity index is 799. The van der Waals surface area contributed by atoms with Crippen molar-refractivity contribution in [3.63, 3.8) is 0 Å². The number of aliphatic hydroxyl groups excluding tert-OH is 3. The molecule has 28 heavy (non-hydrogen) atoms. The molecular formula is C22H26O5S. The van der Waals surface area contributed by atoms with Gasteiger partial charge in [-0.05, 0) is 55.3 Å². The number of ether oxygens (including phenoxy) is 2. The van der Waals surface area contributed by atoms with Crippen LogP contribution in [-0.4, -0.2) is 34.6 Å². The van der Waals surface area contributed by atoms with Crippen molar-refractivity contribution >= 4 is 11.8 Å². The molecule has 0 spiro atoms. The van der Waals surface area contributed by atoms with Crippen LogP contribution in [0.15, 0.2) is 41.3 Å².